The highest BCUT2D eigenvalue weighted by Crippen LogP contribution is 2.32. The number of aromatic nitrogens is 4. The number of nitrogens with zero attached hydrogens (tertiary/aromatic N) is 4. The Balaban J connectivity index is 1.63. The SMILES string of the molecule is Nc1ccc(-c2nc3ccccc3n2[S+]([O-])n2c(-c3ccc(N)cc3)nc3ccccc32)cc1. The molecule has 0 fully saturated rings. The molecule has 34 heavy (non-hydrogen) atoms. The van der Waals surface area contributed by atoms with Crippen LogP contribution in [-0.2, 0) is 11.5 Å². The van der Waals surface area contributed by atoms with E-state index in [0.717, 1.165) is 33.2 Å². The van der Waals surface area contributed by atoms with Gasteiger partial charge >= 0.3 is 0 Å². The van der Waals surface area contributed by atoms with Gasteiger partial charge in [-0.3, -0.25) is 0 Å². The molecule has 0 aliphatic rings. The van der Waals surface area contributed by atoms with Gasteiger partial charge in [-0.05, 0) is 72.8 Å². The van der Waals surface area contributed by atoms with E-state index in [2.05, 4.69) is 0 Å². The molecular weight excluding hydrogens is 444 g/mol. The van der Waals surface area contributed by atoms with E-state index in [-0.39, 0.29) is 0 Å². The predicted molar refractivity (Wildman–Crippen MR) is 138 cm³/mol. The van der Waals surface area contributed by atoms with Crippen molar-refractivity contribution in [3.05, 3.63) is 97.1 Å². The minimum atomic E-state index is -1.72. The molecule has 0 bridgehead atoms. The number of nitrogens with two attached hydrogens (primary N) is 2. The normalized spacial score (nSPS) is 11.6. The molecule has 0 aliphatic heterocycles. The fourth-order valence-electron chi connectivity index (χ4n) is 4.03. The minimum Gasteiger partial charge on any atom is -0.567 e. The summed E-state index contributed by atoms with van der Waals surface area (Å²) in [6, 6.07) is 30.1. The summed E-state index contributed by atoms with van der Waals surface area (Å²) in [4.78, 5) is 9.63. The van der Waals surface area contributed by atoms with Crippen molar-refractivity contribution in [2.45, 2.75) is 0 Å². The molecule has 0 amide bonds. The Morgan fingerprint density at radius 2 is 0.941 bits per heavy atom. The number of nitrogen functional groups attached to an aromatic ring is 2. The van der Waals surface area contributed by atoms with Gasteiger partial charge in [0.05, 0.1) is 11.0 Å². The zero-order valence-electron chi connectivity index (χ0n) is 18.0. The maximum absolute atomic E-state index is 14.4. The highest BCUT2D eigenvalue weighted by atomic mass is 32.2. The largest absolute Gasteiger partial charge is 0.567 e. The lowest BCUT2D eigenvalue weighted by molar-refractivity contribution is 0.581. The Morgan fingerprint density at radius 3 is 1.35 bits per heavy atom. The van der Waals surface area contributed by atoms with Crippen LogP contribution >= 0.6 is 0 Å². The summed E-state index contributed by atoms with van der Waals surface area (Å²) in [6.45, 7) is 0. The summed E-state index contributed by atoms with van der Waals surface area (Å²) in [6.07, 6.45) is 0. The molecule has 8 heteroatoms. The first-order valence-electron chi connectivity index (χ1n) is 10.7. The smallest absolute Gasteiger partial charge is 0.211 e. The van der Waals surface area contributed by atoms with Crippen LogP contribution in [0.3, 0.4) is 0 Å². The van der Waals surface area contributed by atoms with E-state index >= 15 is 0 Å². The van der Waals surface area contributed by atoms with Gasteiger partial charge in [-0.2, -0.15) is 0 Å². The fourth-order valence-corrected chi connectivity index (χ4v) is 5.43. The number of hydrogen-bond donors (Lipinski definition) is 2. The topological polar surface area (TPSA) is 111 Å². The van der Waals surface area contributed by atoms with E-state index in [9.17, 15) is 4.55 Å². The first-order chi connectivity index (χ1) is 16.6. The van der Waals surface area contributed by atoms with E-state index in [4.69, 9.17) is 21.4 Å². The van der Waals surface area contributed by atoms with Crippen molar-refractivity contribution in [2.75, 3.05) is 11.5 Å². The number of fused-ring (bicyclic) bond motifs is 2. The zero-order chi connectivity index (χ0) is 23.2. The molecule has 6 rings (SSSR count). The molecule has 0 unspecified atom stereocenters. The van der Waals surface area contributed by atoms with Crippen molar-refractivity contribution < 1.29 is 4.55 Å². The molecule has 7 nitrogen and oxygen atoms in total. The fraction of sp³-hybridized carbons (Fsp3) is 0. The molecule has 4 aromatic carbocycles. The first kappa shape index (κ1) is 20.3. The van der Waals surface area contributed by atoms with Gasteiger partial charge in [-0.1, -0.05) is 24.3 Å². The Labute approximate surface area is 198 Å². The third-order valence-electron chi connectivity index (χ3n) is 5.69. The average molecular weight is 465 g/mol. The standard InChI is InChI=1S/C26H20N6OS/c27-19-13-9-17(10-14-19)25-29-21-5-1-3-7-23(21)31(25)34(33)32-24-8-4-2-6-22(24)30-26(32)18-11-15-20(28)16-12-18/h1-16H,27-28H2. The number of imidazole rings is 2. The molecule has 0 atom stereocenters. The van der Waals surface area contributed by atoms with Crippen LogP contribution in [0.1, 0.15) is 0 Å². The molecule has 0 spiro atoms. The highest BCUT2D eigenvalue weighted by Gasteiger charge is 2.29. The van der Waals surface area contributed by atoms with Crippen LogP contribution in [0.4, 0.5) is 11.4 Å². The Morgan fingerprint density at radius 1 is 0.559 bits per heavy atom. The van der Waals surface area contributed by atoms with Crippen molar-refractivity contribution in [3.63, 3.8) is 0 Å². The number of benzene rings is 4. The molecule has 6 aromatic rings. The zero-order valence-corrected chi connectivity index (χ0v) is 18.8. The predicted octanol–water partition coefficient (Wildman–Crippen LogP) is 4.86. The summed E-state index contributed by atoms with van der Waals surface area (Å²) in [7, 11) is 0. The Hall–Kier alpha value is -4.27. The summed E-state index contributed by atoms with van der Waals surface area (Å²) >= 11 is -1.72. The lowest BCUT2D eigenvalue weighted by Crippen LogP contribution is -2.23. The van der Waals surface area contributed by atoms with Crippen molar-refractivity contribution in [1.82, 2.24) is 17.9 Å². The Kier molecular flexibility index (Phi) is 4.75. The summed E-state index contributed by atoms with van der Waals surface area (Å²) in [5.41, 5.74) is 17.8. The van der Waals surface area contributed by atoms with Gasteiger partial charge in [0, 0.05) is 22.5 Å². The van der Waals surface area contributed by atoms with Crippen molar-refractivity contribution in [1.29, 1.82) is 0 Å². The van der Waals surface area contributed by atoms with E-state index in [1.165, 1.54) is 0 Å². The molecule has 4 N–H and O–H groups in total. The van der Waals surface area contributed by atoms with Gasteiger partial charge in [0.25, 0.3) is 0 Å². The average Bonchev–Trinajstić information content (AvgIpc) is 3.44. The van der Waals surface area contributed by atoms with Crippen LogP contribution in [-0.4, -0.2) is 22.5 Å². The van der Waals surface area contributed by atoms with Crippen LogP contribution < -0.4 is 11.5 Å². The van der Waals surface area contributed by atoms with E-state index < -0.39 is 11.5 Å². The molecular formula is C26H20N6OS. The third-order valence-corrected chi connectivity index (χ3v) is 7.05. The lowest BCUT2D eigenvalue weighted by atomic mass is 10.2. The molecule has 2 heterocycles. The van der Waals surface area contributed by atoms with E-state index in [0.29, 0.717) is 23.0 Å². The molecule has 0 saturated heterocycles. The van der Waals surface area contributed by atoms with Crippen LogP contribution in [0.2, 0.25) is 0 Å². The summed E-state index contributed by atoms with van der Waals surface area (Å²) in [5, 5.41) is 0. The summed E-state index contributed by atoms with van der Waals surface area (Å²) < 4.78 is 17.9. The maximum Gasteiger partial charge on any atom is 0.211 e. The van der Waals surface area contributed by atoms with Gasteiger partial charge in [-0.15, -0.1) is 7.94 Å². The summed E-state index contributed by atoms with van der Waals surface area (Å²) in [5.74, 6) is 1.17. The second-order valence-electron chi connectivity index (χ2n) is 7.91. The third kappa shape index (κ3) is 3.28. The van der Waals surface area contributed by atoms with Crippen molar-refractivity contribution in [3.8, 4) is 22.8 Å². The van der Waals surface area contributed by atoms with E-state index in [1.54, 1.807) is 7.94 Å². The van der Waals surface area contributed by atoms with Gasteiger partial charge < -0.3 is 16.0 Å². The minimum absolute atomic E-state index is 0.584. The van der Waals surface area contributed by atoms with Crippen LogP contribution in [0.25, 0.3) is 44.8 Å². The van der Waals surface area contributed by atoms with Gasteiger partial charge in [0.15, 0.2) is 11.6 Å². The maximum atomic E-state index is 14.4. The van der Waals surface area contributed by atoms with Crippen LogP contribution in [0.5, 0.6) is 0 Å². The second-order valence-corrected chi connectivity index (χ2v) is 9.10. The van der Waals surface area contributed by atoms with Crippen molar-refractivity contribution in [2.24, 2.45) is 0 Å². The first-order valence-corrected chi connectivity index (χ1v) is 11.8. The number of para-hydroxylation sites is 4. The molecule has 166 valence electrons. The second kappa shape index (κ2) is 7.95. The van der Waals surface area contributed by atoms with Crippen LogP contribution in [0.15, 0.2) is 97.1 Å². The van der Waals surface area contributed by atoms with E-state index in [1.807, 2.05) is 97.1 Å². The number of rotatable bonds is 4. The number of hydrogen-bond acceptors (Lipinski definition) is 5. The van der Waals surface area contributed by atoms with Gasteiger partial charge in [0.2, 0.25) is 11.5 Å². The van der Waals surface area contributed by atoms with Gasteiger partial charge in [-0.25, -0.2) is 9.97 Å². The van der Waals surface area contributed by atoms with Gasteiger partial charge in [0.1, 0.15) is 11.0 Å². The number of anilines is 2. The molecule has 0 saturated carbocycles. The monoisotopic (exact) mass is 464 g/mol. The quantitative estimate of drug-likeness (QED) is 0.286. The Bertz CT molecular complexity index is 1510. The highest BCUT2D eigenvalue weighted by molar-refractivity contribution is 7.89. The lowest BCUT2D eigenvalue weighted by Gasteiger charge is -2.16. The molecule has 0 radical (unpaired) electrons. The van der Waals surface area contributed by atoms with Crippen molar-refractivity contribution >= 4 is 45.0 Å². The van der Waals surface area contributed by atoms with Crippen LogP contribution in [0, 0.1) is 0 Å². The molecule has 2 aromatic heterocycles. The molecule has 0 aliphatic carbocycles.